The third-order valence-electron chi connectivity index (χ3n) is 4.96. The second kappa shape index (κ2) is 10.0. The van der Waals surface area contributed by atoms with Gasteiger partial charge in [0, 0.05) is 25.7 Å². The first-order chi connectivity index (χ1) is 13.6. The summed E-state index contributed by atoms with van der Waals surface area (Å²) < 4.78 is 38.7. The monoisotopic (exact) mass is 404 g/mol. The molecule has 152 valence electrons. The zero-order valence-corrected chi connectivity index (χ0v) is 17.0. The number of aryl methyl sites for hydroxylation is 1. The molecule has 1 fully saturated rings. The van der Waals surface area contributed by atoms with Crippen LogP contribution in [0.3, 0.4) is 0 Å². The van der Waals surface area contributed by atoms with Crippen LogP contribution in [-0.4, -0.2) is 59.0 Å². The summed E-state index contributed by atoms with van der Waals surface area (Å²) in [5.74, 6) is 0.841. The van der Waals surface area contributed by atoms with E-state index < -0.39 is 10.0 Å². The van der Waals surface area contributed by atoms with Crippen molar-refractivity contribution in [3.05, 3.63) is 65.7 Å². The molecule has 7 heteroatoms. The van der Waals surface area contributed by atoms with Gasteiger partial charge in [-0.2, -0.15) is 0 Å². The number of ether oxygens (including phenoxy) is 2. The number of benzene rings is 2. The Hall–Kier alpha value is -1.93. The summed E-state index contributed by atoms with van der Waals surface area (Å²) in [5.41, 5.74) is 2.05. The Bertz CT molecular complexity index is 836. The second-order valence-electron chi connectivity index (χ2n) is 6.84. The minimum absolute atomic E-state index is 0.0644. The molecule has 0 saturated carbocycles. The largest absolute Gasteiger partial charge is 0.497 e. The van der Waals surface area contributed by atoms with Crippen molar-refractivity contribution >= 4 is 10.0 Å². The van der Waals surface area contributed by atoms with Crippen molar-refractivity contribution in [2.24, 2.45) is 0 Å². The van der Waals surface area contributed by atoms with E-state index in [-0.39, 0.29) is 11.8 Å². The van der Waals surface area contributed by atoms with Gasteiger partial charge in [0.15, 0.2) is 0 Å². The Balaban J connectivity index is 1.68. The van der Waals surface area contributed by atoms with E-state index in [1.54, 1.807) is 7.11 Å². The summed E-state index contributed by atoms with van der Waals surface area (Å²) >= 11 is 0. The van der Waals surface area contributed by atoms with Gasteiger partial charge in [-0.3, -0.25) is 4.90 Å². The van der Waals surface area contributed by atoms with Crippen molar-refractivity contribution in [3.63, 3.8) is 0 Å². The van der Waals surface area contributed by atoms with Gasteiger partial charge in [-0.05, 0) is 29.7 Å². The lowest BCUT2D eigenvalue weighted by Gasteiger charge is -2.35. The Morgan fingerprint density at radius 2 is 1.86 bits per heavy atom. The van der Waals surface area contributed by atoms with Crippen LogP contribution in [-0.2, 0) is 21.2 Å². The Kier molecular flexibility index (Phi) is 7.44. The van der Waals surface area contributed by atoms with Gasteiger partial charge in [-0.1, -0.05) is 42.5 Å². The number of rotatable bonds is 9. The smallest absolute Gasteiger partial charge is 0.211 e. The first-order valence-electron chi connectivity index (χ1n) is 9.54. The van der Waals surface area contributed by atoms with Crippen molar-refractivity contribution in [3.8, 4) is 5.75 Å². The molecule has 1 saturated heterocycles. The highest BCUT2D eigenvalue weighted by atomic mass is 32.2. The molecule has 0 amide bonds. The SMILES string of the molecule is COc1cccc([C@@H](CNS(=O)(=O)CCc2ccccc2)N2CCOCC2)c1. The normalized spacial score (nSPS) is 16.6. The molecule has 0 bridgehead atoms. The standard InChI is InChI=1S/C21H28N2O4S/c1-26-20-9-5-8-19(16-20)21(23-11-13-27-14-12-23)17-22-28(24,25)15-10-18-6-3-2-4-7-18/h2-9,16,21-22H,10-15,17H2,1H3/t21-/m1/s1. The molecule has 1 aliphatic heterocycles. The molecule has 0 aromatic heterocycles. The lowest BCUT2D eigenvalue weighted by molar-refractivity contribution is 0.0171. The van der Waals surface area contributed by atoms with Crippen LogP contribution in [0.5, 0.6) is 5.75 Å². The third kappa shape index (κ3) is 6.04. The van der Waals surface area contributed by atoms with E-state index in [2.05, 4.69) is 9.62 Å². The van der Waals surface area contributed by atoms with Crippen molar-refractivity contribution in [2.45, 2.75) is 12.5 Å². The maximum atomic E-state index is 12.6. The van der Waals surface area contributed by atoms with Gasteiger partial charge in [-0.25, -0.2) is 13.1 Å². The molecule has 1 N–H and O–H groups in total. The maximum absolute atomic E-state index is 12.6. The highest BCUT2D eigenvalue weighted by Crippen LogP contribution is 2.25. The summed E-state index contributed by atoms with van der Waals surface area (Å²) in [6.07, 6.45) is 0.498. The molecule has 1 heterocycles. The molecular formula is C21H28N2O4S. The van der Waals surface area contributed by atoms with Crippen molar-refractivity contribution in [1.82, 2.24) is 9.62 Å². The summed E-state index contributed by atoms with van der Waals surface area (Å²) in [5, 5.41) is 0. The maximum Gasteiger partial charge on any atom is 0.211 e. The molecule has 1 atom stereocenters. The first-order valence-corrected chi connectivity index (χ1v) is 11.2. The highest BCUT2D eigenvalue weighted by Gasteiger charge is 2.24. The number of hydrogen-bond acceptors (Lipinski definition) is 5. The lowest BCUT2D eigenvalue weighted by Crippen LogP contribution is -2.44. The number of nitrogens with zero attached hydrogens (tertiary/aromatic N) is 1. The molecule has 6 nitrogen and oxygen atoms in total. The molecule has 0 radical (unpaired) electrons. The van der Waals surface area contributed by atoms with Crippen LogP contribution in [0.2, 0.25) is 0 Å². The van der Waals surface area contributed by atoms with Crippen LogP contribution in [0, 0.1) is 0 Å². The van der Waals surface area contributed by atoms with Gasteiger partial charge < -0.3 is 9.47 Å². The summed E-state index contributed by atoms with van der Waals surface area (Å²) in [7, 11) is -1.74. The molecule has 0 spiro atoms. The Labute approximate surface area is 167 Å². The number of hydrogen-bond donors (Lipinski definition) is 1. The molecule has 2 aromatic rings. The first kappa shape index (κ1) is 20.8. The molecule has 2 aromatic carbocycles. The Morgan fingerprint density at radius 1 is 1.11 bits per heavy atom. The fourth-order valence-electron chi connectivity index (χ4n) is 3.37. The van der Waals surface area contributed by atoms with E-state index in [4.69, 9.17) is 9.47 Å². The van der Waals surface area contributed by atoms with Crippen molar-refractivity contribution < 1.29 is 17.9 Å². The van der Waals surface area contributed by atoms with Gasteiger partial charge in [-0.15, -0.1) is 0 Å². The molecule has 0 aliphatic carbocycles. The number of morpholine rings is 1. The number of methoxy groups -OCH3 is 1. The van der Waals surface area contributed by atoms with E-state index in [1.165, 1.54) is 0 Å². The fraction of sp³-hybridized carbons (Fsp3) is 0.429. The van der Waals surface area contributed by atoms with Crippen LogP contribution < -0.4 is 9.46 Å². The zero-order valence-electron chi connectivity index (χ0n) is 16.2. The van der Waals surface area contributed by atoms with Crippen LogP contribution in [0.4, 0.5) is 0 Å². The number of nitrogens with one attached hydrogen (secondary N) is 1. The third-order valence-corrected chi connectivity index (χ3v) is 6.31. The molecule has 0 unspecified atom stereocenters. The van der Waals surface area contributed by atoms with Crippen LogP contribution in [0.1, 0.15) is 17.2 Å². The average molecular weight is 405 g/mol. The summed E-state index contributed by atoms with van der Waals surface area (Å²) in [4.78, 5) is 2.26. The van der Waals surface area contributed by atoms with E-state index in [0.29, 0.717) is 26.2 Å². The van der Waals surface area contributed by atoms with E-state index in [9.17, 15) is 8.42 Å². The van der Waals surface area contributed by atoms with Crippen LogP contribution in [0.15, 0.2) is 54.6 Å². The summed E-state index contributed by atoms with van der Waals surface area (Å²) in [6.45, 7) is 3.17. The zero-order chi connectivity index (χ0) is 19.8. The van der Waals surface area contributed by atoms with Crippen molar-refractivity contribution in [1.29, 1.82) is 0 Å². The minimum Gasteiger partial charge on any atom is -0.497 e. The predicted molar refractivity (Wildman–Crippen MR) is 110 cm³/mol. The van der Waals surface area contributed by atoms with E-state index in [0.717, 1.165) is 30.0 Å². The number of sulfonamides is 1. The van der Waals surface area contributed by atoms with E-state index >= 15 is 0 Å². The molecule has 3 rings (SSSR count). The second-order valence-corrected chi connectivity index (χ2v) is 8.77. The molecule has 28 heavy (non-hydrogen) atoms. The van der Waals surface area contributed by atoms with Crippen LogP contribution in [0.25, 0.3) is 0 Å². The van der Waals surface area contributed by atoms with Crippen LogP contribution >= 0.6 is 0 Å². The van der Waals surface area contributed by atoms with Crippen molar-refractivity contribution in [2.75, 3.05) is 45.7 Å². The van der Waals surface area contributed by atoms with Gasteiger partial charge in [0.1, 0.15) is 5.75 Å². The van der Waals surface area contributed by atoms with E-state index in [1.807, 2.05) is 54.6 Å². The van der Waals surface area contributed by atoms with Gasteiger partial charge in [0.2, 0.25) is 10.0 Å². The topological polar surface area (TPSA) is 67.9 Å². The lowest BCUT2D eigenvalue weighted by atomic mass is 10.0. The minimum atomic E-state index is -3.38. The predicted octanol–water partition coefficient (Wildman–Crippen LogP) is 2.23. The average Bonchev–Trinajstić information content (AvgIpc) is 2.74. The summed E-state index contributed by atoms with van der Waals surface area (Å²) in [6, 6.07) is 17.4. The molecule has 1 aliphatic rings. The molecular weight excluding hydrogens is 376 g/mol. The Morgan fingerprint density at radius 3 is 2.57 bits per heavy atom. The van der Waals surface area contributed by atoms with Gasteiger partial charge in [0.05, 0.1) is 26.1 Å². The quantitative estimate of drug-likeness (QED) is 0.694. The fourth-order valence-corrected chi connectivity index (χ4v) is 4.43. The van der Waals surface area contributed by atoms with Gasteiger partial charge in [0.25, 0.3) is 0 Å². The van der Waals surface area contributed by atoms with Gasteiger partial charge >= 0.3 is 0 Å². The highest BCUT2D eigenvalue weighted by molar-refractivity contribution is 7.89.